The van der Waals surface area contributed by atoms with E-state index in [2.05, 4.69) is 22.9 Å². The topological polar surface area (TPSA) is 42.1 Å². The molecule has 0 aromatic carbocycles. The fraction of sp³-hybridized carbons (Fsp3) is 0.583. The Labute approximate surface area is 91.3 Å². The molecule has 15 heavy (non-hydrogen) atoms. The quantitative estimate of drug-likeness (QED) is 0.793. The maximum absolute atomic E-state index is 6.09. The number of pyridine rings is 1. The van der Waals surface area contributed by atoms with E-state index in [9.17, 15) is 0 Å². The molecule has 2 heterocycles. The van der Waals surface area contributed by atoms with E-state index in [1.807, 2.05) is 18.5 Å². The minimum atomic E-state index is 0.0471. The Hall–Kier alpha value is -0.930. The fourth-order valence-corrected chi connectivity index (χ4v) is 1.97. The molecule has 1 saturated heterocycles. The molecule has 0 bridgehead atoms. The normalized spacial score (nSPS) is 21.5. The number of aromatic nitrogens is 1. The fourth-order valence-electron chi connectivity index (χ4n) is 1.97. The summed E-state index contributed by atoms with van der Waals surface area (Å²) in [7, 11) is 0. The average Bonchev–Trinajstić information content (AvgIpc) is 2.23. The number of likely N-dealkylation sites (tertiary alicyclic amines) is 1. The van der Waals surface area contributed by atoms with Gasteiger partial charge in [-0.3, -0.25) is 9.88 Å². The van der Waals surface area contributed by atoms with Crippen molar-refractivity contribution in [2.45, 2.75) is 31.8 Å². The molecule has 0 saturated carbocycles. The second-order valence-electron chi connectivity index (χ2n) is 4.79. The summed E-state index contributed by atoms with van der Waals surface area (Å²) in [5.74, 6) is 0. The highest BCUT2D eigenvalue weighted by Gasteiger charge is 2.25. The lowest BCUT2D eigenvalue weighted by Gasteiger charge is -2.36. The van der Waals surface area contributed by atoms with Gasteiger partial charge in [-0.2, -0.15) is 0 Å². The zero-order valence-electron chi connectivity index (χ0n) is 9.32. The maximum atomic E-state index is 6.09. The van der Waals surface area contributed by atoms with E-state index in [-0.39, 0.29) is 5.54 Å². The van der Waals surface area contributed by atoms with Crippen LogP contribution in [0.3, 0.4) is 0 Å². The molecule has 0 unspecified atom stereocenters. The van der Waals surface area contributed by atoms with E-state index in [1.54, 1.807) is 0 Å². The van der Waals surface area contributed by atoms with Gasteiger partial charge in [0.1, 0.15) is 0 Å². The van der Waals surface area contributed by atoms with E-state index >= 15 is 0 Å². The Bertz CT molecular complexity index is 298. The molecular weight excluding hydrogens is 186 g/mol. The molecule has 2 rings (SSSR count). The largest absolute Gasteiger partial charge is 0.325 e. The molecule has 1 fully saturated rings. The average molecular weight is 205 g/mol. The number of nitrogens with zero attached hydrogens (tertiary/aromatic N) is 2. The Balaban J connectivity index is 1.88. The molecule has 1 aliphatic heterocycles. The van der Waals surface area contributed by atoms with Gasteiger partial charge in [0, 0.05) is 37.6 Å². The van der Waals surface area contributed by atoms with Crippen LogP contribution in [-0.2, 0) is 6.54 Å². The molecule has 82 valence electrons. The predicted molar refractivity (Wildman–Crippen MR) is 61.3 cm³/mol. The lowest BCUT2D eigenvalue weighted by Crippen LogP contribution is -2.47. The minimum absolute atomic E-state index is 0.0471. The number of rotatable bonds is 2. The second kappa shape index (κ2) is 4.29. The van der Waals surface area contributed by atoms with Crippen LogP contribution in [0.2, 0.25) is 0 Å². The van der Waals surface area contributed by atoms with Gasteiger partial charge in [-0.15, -0.1) is 0 Å². The maximum Gasteiger partial charge on any atom is 0.0312 e. The van der Waals surface area contributed by atoms with Gasteiger partial charge in [0.05, 0.1) is 0 Å². The van der Waals surface area contributed by atoms with Gasteiger partial charge in [0.15, 0.2) is 0 Å². The first-order valence-electron chi connectivity index (χ1n) is 5.56. The van der Waals surface area contributed by atoms with Gasteiger partial charge in [-0.1, -0.05) is 6.07 Å². The molecule has 1 aromatic heterocycles. The monoisotopic (exact) mass is 205 g/mol. The highest BCUT2D eigenvalue weighted by Crippen LogP contribution is 2.19. The summed E-state index contributed by atoms with van der Waals surface area (Å²) in [4.78, 5) is 6.58. The van der Waals surface area contributed by atoms with E-state index in [4.69, 9.17) is 5.73 Å². The first-order chi connectivity index (χ1) is 7.16. The van der Waals surface area contributed by atoms with Crippen LogP contribution in [0.5, 0.6) is 0 Å². The number of piperidine rings is 1. The number of hydrogen-bond acceptors (Lipinski definition) is 3. The van der Waals surface area contributed by atoms with Gasteiger partial charge < -0.3 is 5.73 Å². The van der Waals surface area contributed by atoms with E-state index in [0.717, 1.165) is 32.5 Å². The van der Waals surface area contributed by atoms with Crippen molar-refractivity contribution in [2.75, 3.05) is 13.1 Å². The van der Waals surface area contributed by atoms with Crippen LogP contribution in [0.15, 0.2) is 24.5 Å². The molecule has 0 atom stereocenters. The van der Waals surface area contributed by atoms with Crippen molar-refractivity contribution < 1.29 is 0 Å². The molecule has 2 N–H and O–H groups in total. The molecule has 0 radical (unpaired) electrons. The molecule has 3 heteroatoms. The van der Waals surface area contributed by atoms with Gasteiger partial charge in [-0.25, -0.2) is 0 Å². The zero-order chi connectivity index (χ0) is 10.7. The lowest BCUT2D eigenvalue weighted by atomic mass is 9.91. The van der Waals surface area contributed by atoms with Crippen LogP contribution in [0.25, 0.3) is 0 Å². The highest BCUT2D eigenvalue weighted by atomic mass is 15.1. The van der Waals surface area contributed by atoms with Crippen LogP contribution in [0.1, 0.15) is 25.3 Å². The molecule has 0 aliphatic carbocycles. The van der Waals surface area contributed by atoms with Crippen molar-refractivity contribution in [2.24, 2.45) is 5.73 Å². The number of nitrogens with two attached hydrogens (primary N) is 1. The van der Waals surface area contributed by atoms with Crippen molar-refractivity contribution in [3.05, 3.63) is 30.1 Å². The Kier molecular flexibility index (Phi) is 3.03. The zero-order valence-corrected chi connectivity index (χ0v) is 9.32. The van der Waals surface area contributed by atoms with Gasteiger partial charge in [-0.05, 0) is 31.4 Å². The summed E-state index contributed by atoms with van der Waals surface area (Å²) in [5, 5.41) is 0. The van der Waals surface area contributed by atoms with E-state index in [0.29, 0.717) is 0 Å². The molecule has 0 amide bonds. The third-order valence-electron chi connectivity index (χ3n) is 3.13. The van der Waals surface area contributed by atoms with E-state index < -0.39 is 0 Å². The van der Waals surface area contributed by atoms with Crippen LogP contribution in [-0.4, -0.2) is 28.5 Å². The van der Waals surface area contributed by atoms with Gasteiger partial charge >= 0.3 is 0 Å². The van der Waals surface area contributed by atoms with Crippen molar-refractivity contribution >= 4 is 0 Å². The van der Waals surface area contributed by atoms with Gasteiger partial charge in [0.2, 0.25) is 0 Å². The smallest absolute Gasteiger partial charge is 0.0312 e. The van der Waals surface area contributed by atoms with Crippen molar-refractivity contribution in [1.29, 1.82) is 0 Å². The number of hydrogen-bond donors (Lipinski definition) is 1. The standard InChI is InChI=1S/C12H19N3/c1-12(13)4-7-15(8-5-12)10-11-3-2-6-14-9-11/h2-3,6,9H,4-5,7-8,10,13H2,1H3. The Morgan fingerprint density at radius 2 is 2.20 bits per heavy atom. The van der Waals surface area contributed by atoms with Crippen LogP contribution in [0.4, 0.5) is 0 Å². The highest BCUT2D eigenvalue weighted by molar-refractivity contribution is 5.08. The van der Waals surface area contributed by atoms with Crippen molar-refractivity contribution in [1.82, 2.24) is 9.88 Å². The van der Waals surface area contributed by atoms with Gasteiger partial charge in [0.25, 0.3) is 0 Å². The Morgan fingerprint density at radius 3 is 2.80 bits per heavy atom. The van der Waals surface area contributed by atoms with E-state index in [1.165, 1.54) is 5.56 Å². The summed E-state index contributed by atoms with van der Waals surface area (Å²) in [6, 6.07) is 4.12. The lowest BCUT2D eigenvalue weighted by molar-refractivity contribution is 0.165. The van der Waals surface area contributed by atoms with Crippen molar-refractivity contribution in [3.8, 4) is 0 Å². The third kappa shape index (κ3) is 3.01. The first kappa shape index (κ1) is 10.6. The molecule has 1 aromatic rings. The Morgan fingerprint density at radius 1 is 1.47 bits per heavy atom. The molecule has 0 spiro atoms. The summed E-state index contributed by atoms with van der Waals surface area (Å²) < 4.78 is 0. The molecule has 1 aliphatic rings. The van der Waals surface area contributed by atoms with Crippen LogP contribution >= 0.6 is 0 Å². The first-order valence-corrected chi connectivity index (χ1v) is 5.56. The van der Waals surface area contributed by atoms with Crippen LogP contribution in [0, 0.1) is 0 Å². The predicted octanol–water partition coefficient (Wildman–Crippen LogP) is 1.39. The summed E-state index contributed by atoms with van der Waals surface area (Å²) >= 11 is 0. The summed E-state index contributed by atoms with van der Waals surface area (Å²) in [5.41, 5.74) is 7.43. The minimum Gasteiger partial charge on any atom is -0.325 e. The second-order valence-corrected chi connectivity index (χ2v) is 4.79. The SMILES string of the molecule is CC1(N)CCN(Cc2cccnc2)CC1. The molecular formula is C12H19N3. The summed E-state index contributed by atoms with van der Waals surface area (Å²) in [6.45, 7) is 5.35. The molecule has 3 nitrogen and oxygen atoms in total. The third-order valence-corrected chi connectivity index (χ3v) is 3.13. The van der Waals surface area contributed by atoms with Crippen molar-refractivity contribution in [3.63, 3.8) is 0 Å². The van der Waals surface area contributed by atoms with Crippen LogP contribution < -0.4 is 5.73 Å². The summed E-state index contributed by atoms with van der Waals surface area (Å²) in [6.07, 6.45) is 5.94.